The Kier molecular flexibility index (Phi) is 10.0. The van der Waals surface area contributed by atoms with E-state index in [0.29, 0.717) is 24.4 Å². The van der Waals surface area contributed by atoms with Crippen LogP contribution in [0, 0.1) is 0 Å². The van der Waals surface area contributed by atoms with Gasteiger partial charge in [-0.15, -0.1) is 12.4 Å². The molecule has 118 valence electrons. The highest BCUT2D eigenvalue weighted by molar-refractivity contribution is 5.93. The number of unbranched alkanes of at least 4 members (excludes halogenated alkanes) is 1. The van der Waals surface area contributed by atoms with Crippen LogP contribution in [0.25, 0.3) is 0 Å². The van der Waals surface area contributed by atoms with Gasteiger partial charge in [-0.05, 0) is 37.6 Å². The monoisotopic (exact) mass is 315 g/mol. The van der Waals surface area contributed by atoms with E-state index in [2.05, 4.69) is 5.32 Å². The molecule has 2 amide bonds. The fourth-order valence-electron chi connectivity index (χ4n) is 1.59. The first-order valence-corrected chi connectivity index (χ1v) is 6.63. The highest BCUT2D eigenvalue weighted by atomic mass is 35.5. The summed E-state index contributed by atoms with van der Waals surface area (Å²) in [7, 11) is 0. The van der Waals surface area contributed by atoms with Crippen molar-refractivity contribution in [1.82, 2.24) is 5.32 Å². The average Bonchev–Trinajstić information content (AvgIpc) is 2.44. The van der Waals surface area contributed by atoms with E-state index in [4.69, 9.17) is 16.2 Å². The molecule has 1 aromatic carbocycles. The lowest BCUT2D eigenvalue weighted by Gasteiger charge is -2.07. The van der Waals surface area contributed by atoms with Crippen molar-refractivity contribution in [1.29, 1.82) is 0 Å². The predicted octanol–water partition coefficient (Wildman–Crippen LogP) is 0.831. The predicted molar refractivity (Wildman–Crippen MR) is 83.6 cm³/mol. The Hall–Kier alpha value is -1.79. The summed E-state index contributed by atoms with van der Waals surface area (Å²) in [5.74, 6) is -0.0431. The Morgan fingerprint density at radius 2 is 2.00 bits per heavy atom. The van der Waals surface area contributed by atoms with Gasteiger partial charge in [-0.25, -0.2) is 0 Å². The SMILES string of the molecule is Cl.NCCCCNC(=O)CCOc1cccc(C(N)=O)c1. The quantitative estimate of drug-likeness (QED) is 0.587. The average molecular weight is 316 g/mol. The third-order valence-corrected chi connectivity index (χ3v) is 2.67. The molecule has 6 nitrogen and oxygen atoms in total. The molecule has 1 aromatic rings. The summed E-state index contributed by atoms with van der Waals surface area (Å²) in [5.41, 5.74) is 10.9. The number of carbonyl (C=O) groups is 2. The van der Waals surface area contributed by atoms with Crippen LogP contribution in [0.3, 0.4) is 0 Å². The Morgan fingerprint density at radius 1 is 1.24 bits per heavy atom. The Morgan fingerprint density at radius 3 is 2.67 bits per heavy atom. The molecule has 0 atom stereocenters. The molecule has 7 heteroatoms. The van der Waals surface area contributed by atoms with Gasteiger partial charge in [0.1, 0.15) is 5.75 Å². The largest absolute Gasteiger partial charge is 0.493 e. The van der Waals surface area contributed by atoms with E-state index >= 15 is 0 Å². The van der Waals surface area contributed by atoms with Gasteiger partial charge in [0.25, 0.3) is 0 Å². The molecular formula is C14H22ClN3O3. The number of nitrogens with one attached hydrogen (secondary N) is 1. The second-order valence-corrected chi connectivity index (χ2v) is 4.34. The fourth-order valence-corrected chi connectivity index (χ4v) is 1.59. The summed E-state index contributed by atoms with van der Waals surface area (Å²) in [6, 6.07) is 6.56. The van der Waals surface area contributed by atoms with Crippen molar-refractivity contribution in [2.24, 2.45) is 11.5 Å². The van der Waals surface area contributed by atoms with Crippen molar-refractivity contribution in [2.75, 3.05) is 19.7 Å². The first kappa shape index (κ1) is 19.2. The molecule has 0 radical (unpaired) electrons. The van der Waals surface area contributed by atoms with Gasteiger partial charge in [0.2, 0.25) is 11.8 Å². The van der Waals surface area contributed by atoms with E-state index in [-0.39, 0.29) is 31.3 Å². The van der Waals surface area contributed by atoms with Gasteiger partial charge in [0.15, 0.2) is 0 Å². The van der Waals surface area contributed by atoms with E-state index in [1.54, 1.807) is 24.3 Å². The zero-order valence-electron chi connectivity index (χ0n) is 11.8. The number of amides is 2. The van der Waals surface area contributed by atoms with Crippen LogP contribution in [0.2, 0.25) is 0 Å². The lowest BCUT2D eigenvalue weighted by Crippen LogP contribution is -2.26. The third-order valence-electron chi connectivity index (χ3n) is 2.67. The first-order valence-electron chi connectivity index (χ1n) is 6.63. The molecule has 21 heavy (non-hydrogen) atoms. The Balaban J connectivity index is 0.00000400. The van der Waals surface area contributed by atoms with Crippen molar-refractivity contribution in [2.45, 2.75) is 19.3 Å². The summed E-state index contributed by atoms with van der Waals surface area (Å²) < 4.78 is 5.41. The second-order valence-electron chi connectivity index (χ2n) is 4.34. The van der Waals surface area contributed by atoms with Gasteiger partial charge in [0, 0.05) is 12.1 Å². The number of primary amides is 1. The van der Waals surface area contributed by atoms with Crippen LogP contribution in [-0.4, -0.2) is 31.5 Å². The van der Waals surface area contributed by atoms with E-state index in [1.807, 2.05) is 0 Å². The Bertz CT molecular complexity index is 455. The van der Waals surface area contributed by atoms with Gasteiger partial charge in [-0.3, -0.25) is 9.59 Å². The number of rotatable bonds is 9. The molecule has 0 aliphatic carbocycles. The summed E-state index contributed by atoms with van der Waals surface area (Å²) in [6.45, 7) is 1.52. The number of carbonyl (C=O) groups excluding carboxylic acids is 2. The van der Waals surface area contributed by atoms with Crippen LogP contribution in [0.1, 0.15) is 29.6 Å². The number of benzene rings is 1. The van der Waals surface area contributed by atoms with Gasteiger partial charge in [-0.1, -0.05) is 6.07 Å². The second kappa shape index (κ2) is 10.9. The molecule has 0 heterocycles. The van der Waals surface area contributed by atoms with E-state index in [1.165, 1.54) is 0 Å². The molecule has 0 aromatic heterocycles. The molecular weight excluding hydrogens is 294 g/mol. The molecule has 0 saturated carbocycles. The summed E-state index contributed by atoms with van der Waals surface area (Å²) >= 11 is 0. The third kappa shape index (κ3) is 8.16. The Labute approximate surface area is 130 Å². The maximum atomic E-state index is 11.5. The van der Waals surface area contributed by atoms with Crippen molar-refractivity contribution >= 4 is 24.2 Å². The summed E-state index contributed by atoms with van der Waals surface area (Å²) in [6.07, 6.45) is 2.05. The van der Waals surface area contributed by atoms with Crippen LogP contribution in [0.5, 0.6) is 5.75 Å². The van der Waals surface area contributed by atoms with Crippen molar-refractivity contribution in [3.63, 3.8) is 0 Å². The summed E-state index contributed by atoms with van der Waals surface area (Å²) in [4.78, 5) is 22.5. The van der Waals surface area contributed by atoms with E-state index < -0.39 is 5.91 Å². The van der Waals surface area contributed by atoms with Crippen LogP contribution in [-0.2, 0) is 4.79 Å². The lowest BCUT2D eigenvalue weighted by atomic mass is 10.2. The molecule has 0 aliphatic heterocycles. The van der Waals surface area contributed by atoms with Crippen LogP contribution in [0.4, 0.5) is 0 Å². The lowest BCUT2D eigenvalue weighted by molar-refractivity contribution is -0.121. The van der Waals surface area contributed by atoms with Crippen LogP contribution in [0.15, 0.2) is 24.3 Å². The smallest absolute Gasteiger partial charge is 0.248 e. The number of hydrogen-bond donors (Lipinski definition) is 3. The molecule has 0 saturated heterocycles. The minimum atomic E-state index is -0.506. The normalized spacial score (nSPS) is 9.57. The molecule has 5 N–H and O–H groups in total. The highest BCUT2D eigenvalue weighted by Crippen LogP contribution is 2.12. The van der Waals surface area contributed by atoms with E-state index in [9.17, 15) is 9.59 Å². The van der Waals surface area contributed by atoms with Gasteiger partial charge < -0.3 is 21.5 Å². The van der Waals surface area contributed by atoms with Crippen LogP contribution < -0.4 is 21.5 Å². The first-order chi connectivity index (χ1) is 9.63. The molecule has 0 bridgehead atoms. The van der Waals surface area contributed by atoms with Gasteiger partial charge in [-0.2, -0.15) is 0 Å². The van der Waals surface area contributed by atoms with Crippen LogP contribution >= 0.6 is 12.4 Å². The molecule has 0 unspecified atom stereocenters. The van der Waals surface area contributed by atoms with E-state index in [0.717, 1.165) is 12.8 Å². The standard InChI is InChI=1S/C14H21N3O3.ClH/c15-7-1-2-8-17-13(18)6-9-20-12-5-3-4-11(10-12)14(16)19;/h3-5,10H,1-2,6-9,15H2,(H2,16,19)(H,17,18);1H. The minimum absolute atomic E-state index is 0. The number of ether oxygens (including phenoxy) is 1. The maximum Gasteiger partial charge on any atom is 0.248 e. The van der Waals surface area contributed by atoms with Crippen molar-refractivity contribution in [3.8, 4) is 5.75 Å². The zero-order chi connectivity index (χ0) is 14.8. The van der Waals surface area contributed by atoms with Crippen molar-refractivity contribution in [3.05, 3.63) is 29.8 Å². The molecule has 1 rings (SSSR count). The minimum Gasteiger partial charge on any atom is -0.493 e. The summed E-state index contributed by atoms with van der Waals surface area (Å²) in [5, 5.41) is 2.78. The topological polar surface area (TPSA) is 107 Å². The maximum absolute atomic E-state index is 11.5. The van der Waals surface area contributed by atoms with Crippen molar-refractivity contribution < 1.29 is 14.3 Å². The number of hydrogen-bond acceptors (Lipinski definition) is 4. The number of nitrogens with two attached hydrogens (primary N) is 2. The highest BCUT2D eigenvalue weighted by Gasteiger charge is 2.04. The fraction of sp³-hybridized carbons (Fsp3) is 0.429. The van der Waals surface area contributed by atoms with Gasteiger partial charge >= 0.3 is 0 Å². The van der Waals surface area contributed by atoms with Gasteiger partial charge in [0.05, 0.1) is 13.0 Å². The molecule has 0 spiro atoms. The zero-order valence-corrected chi connectivity index (χ0v) is 12.7. The molecule has 0 aliphatic rings. The molecule has 0 fully saturated rings. The number of halogens is 1.